The van der Waals surface area contributed by atoms with Gasteiger partial charge in [0.05, 0.1) is 5.69 Å². The fourth-order valence-corrected chi connectivity index (χ4v) is 2.91. The predicted molar refractivity (Wildman–Crippen MR) is 108 cm³/mol. The Balaban J connectivity index is 1.59. The number of aromatic nitrogens is 2. The SMILES string of the molecule is Cc1ccc2c(Nc3ccc(Nc4ccccc4)cc3)cc(C)nc2n1. The van der Waals surface area contributed by atoms with Crippen molar-refractivity contribution in [3.63, 3.8) is 0 Å². The van der Waals surface area contributed by atoms with Gasteiger partial charge in [0.2, 0.25) is 0 Å². The van der Waals surface area contributed by atoms with Gasteiger partial charge in [0.25, 0.3) is 0 Å². The predicted octanol–water partition coefficient (Wildman–Crippen LogP) is 5.73. The molecule has 128 valence electrons. The summed E-state index contributed by atoms with van der Waals surface area (Å²) in [5, 5.41) is 7.90. The van der Waals surface area contributed by atoms with Gasteiger partial charge in [-0.15, -0.1) is 0 Å². The van der Waals surface area contributed by atoms with Crippen LogP contribution in [0.4, 0.5) is 22.7 Å². The van der Waals surface area contributed by atoms with Gasteiger partial charge in [0.15, 0.2) is 5.65 Å². The van der Waals surface area contributed by atoms with Crippen molar-refractivity contribution in [3.05, 3.63) is 84.2 Å². The Morgan fingerprint density at radius 2 is 1.23 bits per heavy atom. The monoisotopic (exact) mass is 340 g/mol. The first-order chi connectivity index (χ1) is 12.7. The quantitative estimate of drug-likeness (QED) is 0.498. The molecular weight excluding hydrogens is 320 g/mol. The number of aryl methyl sites for hydroxylation is 2. The summed E-state index contributed by atoms with van der Waals surface area (Å²) >= 11 is 0. The lowest BCUT2D eigenvalue weighted by Gasteiger charge is -2.12. The second kappa shape index (κ2) is 6.84. The maximum atomic E-state index is 4.54. The Kier molecular flexibility index (Phi) is 4.23. The van der Waals surface area contributed by atoms with E-state index in [2.05, 4.69) is 57.0 Å². The van der Waals surface area contributed by atoms with E-state index >= 15 is 0 Å². The van der Waals surface area contributed by atoms with Gasteiger partial charge in [-0.1, -0.05) is 18.2 Å². The summed E-state index contributed by atoms with van der Waals surface area (Å²) in [6, 6.07) is 24.5. The number of hydrogen-bond acceptors (Lipinski definition) is 4. The van der Waals surface area contributed by atoms with Crippen molar-refractivity contribution in [1.82, 2.24) is 9.97 Å². The molecular formula is C22H20N4. The Morgan fingerprint density at radius 3 is 1.96 bits per heavy atom. The fraction of sp³-hybridized carbons (Fsp3) is 0.0909. The molecule has 0 bridgehead atoms. The molecule has 4 rings (SSSR count). The summed E-state index contributed by atoms with van der Waals surface area (Å²) in [7, 11) is 0. The Labute approximate surface area is 152 Å². The third kappa shape index (κ3) is 3.49. The molecule has 0 amide bonds. The van der Waals surface area contributed by atoms with Gasteiger partial charge in [0, 0.05) is 33.8 Å². The van der Waals surface area contributed by atoms with Crippen LogP contribution >= 0.6 is 0 Å². The molecule has 0 spiro atoms. The number of nitrogens with zero attached hydrogens (tertiary/aromatic N) is 2. The zero-order valence-electron chi connectivity index (χ0n) is 14.8. The zero-order valence-corrected chi connectivity index (χ0v) is 14.8. The van der Waals surface area contributed by atoms with E-state index in [-0.39, 0.29) is 0 Å². The summed E-state index contributed by atoms with van der Waals surface area (Å²) in [5.41, 5.74) is 6.85. The first-order valence-electron chi connectivity index (χ1n) is 8.61. The van der Waals surface area contributed by atoms with Crippen LogP contribution in [0.1, 0.15) is 11.4 Å². The molecule has 2 N–H and O–H groups in total. The minimum absolute atomic E-state index is 0.773. The van der Waals surface area contributed by atoms with E-state index in [9.17, 15) is 0 Å². The van der Waals surface area contributed by atoms with Gasteiger partial charge in [-0.05, 0) is 68.4 Å². The highest BCUT2D eigenvalue weighted by Gasteiger charge is 2.06. The normalized spacial score (nSPS) is 10.7. The summed E-state index contributed by atoms with van der Waals surface area (Å²) in [5.74, 6) is 0. The van der Waals surface area contributed by atoms with E-state index in [1.807, 2.05) is 50.2 Å². The van der Waals surface area contributed by atoms with Gasteiger partial charge < -0.3 is 10.6 Å². The van der Waals surface area contributed by atoms with Crippen molar-refractivity contribution >= 4 is 33.8 Å². The first-order valence-corrected chi connectivity index (χ1v) is 8.61. The summed E-state index contributed by atoms with van der Waals surface area (Å²) in [6.07, 6.45) is 0. The van der Waals surface area contributed by atoms with Crippen LogP contribution in [0, 0.1) is 13.8 Å². The Hall–Kier alpha value is -3.40. The molecule has 4 aromatic rings. The number of anilines is 4. The molecule has 2 heterocycles. The number of benzene rings is 2. The molecule has 0 saturated heterocycles. The number of pyridine rings is 2. The molecule has 26 heavy (non-hydrogen) atoms. The van der Waals surface area contributed by atoms with Crippen molar-refractivity contribution in [2.75, 3.05) is 10.6 Å². The van der Waals surface area contributed by atoms with Crippen LogP contribution in [0.25, 0.3) is 11.0 Å². The highest BCUT2D eigenvalue weighted by Crippen LogP contribution is 2.27. The average Bonchev–Trinajstić information content (AvgIpc) is 2.64. The summed E-state index contributed by atoms with van der Waals surface area (Å²) < 4.78 is 0. The number of rotatable bonds is 4. The highest BCUT2D eigenvalue weighted by atomic mass is 14.9. The molecule has 0 fully saturated rings. The zero-order chi connectivity index (χ0) is 17.9. The maximum Gasteiger partial charge on any atom is 0.161 e. The molecule has 0 unspecified atom stereocenters. The highest BCUT2D eigenvalue weighted by molar-refractivity contribution is 5.91. The second-order valence-electron chi connectivity index (χ2n) is 6.33. The van der Waals surface area contributed by atoms with E-state index in [1.165, 1.54) is 0 Å². The third-order valence-corrected chi connectivity index (χ3v) is 4.17. The largest absolute Gasteiger partial charge is 0.356 e. The van der Waals surface area contributed by atoms with Crippen molar-refractivity contribution in [2.24, 2.45) is 0 Å². The molecule has 0 aliphatic carbocycles. The van der Waals surface area contributed by atoms with Crippen molar-refractivity contribution in [2.45, 2.75) is 13.8 Å². The van der Waals surface area contributed by atoms with Crippen LogP contribution < -0.4 is 10.6 Å². The number of fused-ring (bicyclic) bond motifs is 1. The molecule has 0 aliphatic rings. The van der Waals surface area contributed by atoms with Gasteiger partial charge in [-0.25, -0.2) is 9.97 Å². The Bertz CT molecular complexity index is 1040. The smallest absolute Gasteiger partial charge is 0.161 e. The van der Waals surface area contributed by atoms with E-state index in [1.54, 1.807) is 0 Å². The van der Waals surface area contributed by atoms with Gasteiger partial charge >= 0.3 is 0 Å². The second-order valence-corrected chi connectivity index (χ2v) is 6.33. The lowest BCUT2D eigenvalue weighted by Crippen LogP contribution is -1.97. The maximum absolute atomic E-state index is 4.54. The number of hydrogen-bond donors (Lipinski definition) is 2. The van der Waals surface area contributed by atoms with Crippen LogP contribution in [0.2, 0.25) is 0 Å². The molecule has 0 atom stereocenters. The van der Waals surface area contributed by atoms with E-state index in [0.29, 0.717) is 0 Å². The fourth-order valence-electron chi connectivity index (χ4n) is 2.91. The number of nitrogens with one attached hydrogen (secondary N) is 2. The van der Waals surface area contributed by atoms with Crippen molar-refractivity contribution in [1.29, 1.82) is 0 Å². The van der Waals surface area contributed by atoms with Crippen LogP contribution in [0.15, 0.2) is 72.8 Å². The van der Waals surface area contributed by atoms with Crippen molar-refractivity contribution in [3.8, 4) is 0 Å². The minimum Gasteiger partial charge on any atom is -0.356 e. The van der Waals surface area contributed by atoms with E-state index in [0.717, 1.165) is 45.2 Å². The third-order valence-electron chi connectivity index (χ3n) is 4.17. The van der Waals surface area contributed by atoms with Gasteiger partial charge in [-0.3, -0.25) is 0 Å². The minimum atomic E-state index is 0.773. The van der Waals surface area contributed by atoms with Crippen molar-refractivity contribution < 1.29 is 0 Å². The number of para-hydroxylation sites is 1. The lowest BCUT2D eigenvalue weighted by molar-refractivity contribution is 1.16. The first kappa shape index (κ1) is 16.1. The molecule has 4 heteroatoms. The van der Waals surface area contributed by atoms with E-state index < -0.39 is 0 Å². The summed E-state index contributed by atoms with van der Waals surface area (Å²) in [4.78, 5) is 9.08. The van der Waals surface area contributed by atoms with Crippen LogP contribution in [-0.2, 0) is 0 Å². The van der Waals surface area contributed by atoms with Crippen LogP contribution in [0.5, 0.6) is 0 Å². The molecule has 0 radical (unpaired) electrons. The molecule has 2 aromatic carbocycles. The molecule has 4 nitrogen and oxygen atoms in total. The van der Waals surface area contributed by atoms with Crippen LogP contribution in [-0.4, -0.2) is 9.97 Å². The standard InChI is InChI=1S/C22H20N4/c1-15-8-13-20-21(14-16(2)24-22(20)23-15)26-19-11-9-18(10-12-19)25-17-6-4-3-5-7-17/h3-14,25H,1-2H3,(H,23,24,26). The lowest BCUT2D eigenvalue weighted by atomic mass is 10.2. The van der Waals surface area contributed by atoms with Gasteiger partial charge in [-0.2, -0.15) is 0 Å². The van der Waals surface area contributed by atoms with E-state index in [4.69, 9.17) is 0 Å². The average molecular weight is 340 g/mol. The van der Waals surface area contributed by atoms with Gasteiger partial charge in [0.1, 0.15) is 0 Å². The molecule has 2 aromatic heterocycles. The topological polar surface area (TPSA) is 49.8 Å². The Morgan fingerprint density at radius 1 is 0.615 bits per heavy atom. The molecule has 0 saturated carbocycles. The molecule has 0 aliphatic heterocycles. The summed E-state index contributed by atoms with van der Waals surface area (Å²) in [6.45, 7) is 3.97. The van der Waals surface area contributed by atoms with Crippen LogP contribution in [0.3, 0.4) is 0 Å².